The van der Waals surface area contributed by atoms with E-state index in [1.54, 1.807) is 11.2 Å². The van der Waals surface area contributed by atoms with E-state index in [0.29, 0.717) is 5.56 Å². The average molecular weight is 210 g/mol. The van der Waals surface area contributed by atoms with Gasteiger partial charge in [-0.2, -0.15) is 5.26 Å². The van der Waals surface area contributed by atoms with Crippen LogP contribution in [-0.2, 0) is 0 Å². The molecule has 0 atom stereocenters. The molecule has 0 N–H and O–H groups in total. The van der Waals surface area contributed by atoms with Crippen LogP contribution in [0.2, 0.25) is 5.15 Å². The van der Waals surface area contributed by atoms with Gasteiger partial charge in [-0.1, -0.05) is 11.6 Å². The zero-order valence-electron chi connectivity index (χ0n) is 7.77. The highest BCUT2D eigenvalue weighted by molar-refractivity contribution is 6.29. The minimum absolute atomic E-state index is 0.186. The molecule has 5 nitrogen and oxygen atoms in total. The summed E-state index contributed by atoms with van der Waals surface area (Å²) in [4.78, 5) is 5.70. The van der Waals surface area contributed by atoms with Crippen LogP contribution in [0.4, 0.5) is 5.82 Å². The number of aliphatic imine (C=N–C) groups is 1. The molecule has 1 rings (SSSR count). The normalized spacial score (nSPS) is 10.1. The molecule has 0 spiro atoms. The van der Waals surface area contributed by atoms with E-state index in [9.17, 15) is 0 Å². The van der Waals surface area contributed by atoms with Gasteiger partial charge in [-0.3, -0.25) is 0 Å². The van der Waals surface area contributed by atoms with Gasteiger partial charge in [0.2, 0.25) is 0 Å². The Morgan fingerprint density at radius 1 is 1.57 bits per heavy atom. The van der Waals surface area contributed by atoms with Crippen molar-refractivity contribution < 1.29 is 0 Å². The van der Waals surface area contributed by atoms with Gasteiger partial charge in [0.1, 0.15) is 11.6 Å². The Bertz CT molecular complexity index is 393. The van der Waals surface area contributed by atoms with Crippen LogP contribution in [0.25, 0.3) is 0 Å². The van der Waals surface area contributed by atoms with Crippen LogP contribution < -0.4 is 0 Å². The third-order valence-corrected chi connectivity index (χ3v) is 1.46. The quantitative estimate of drug-likeness (QED) is 0.543. The third-order valence-electron chi connectivity index (χ3n) is 1.28. The van der Waals surface area contributed by atoms with Crippen LogP contribution in [0.15, 0.2) is 11.1 Å². The molecule has 0 saturated carbocycles. The molecule has 0 saturated heterocycles. The minimum Gasteiger partial charge on any atom is -0.369 e. The number of nitriles is 1. The minimum atomic E-state index is 0.186. The molecule has 0 aliphatic carbocycles. The van der Waals surface area contributed by atoms with Crippen molar-refractivity contribution >= 4 is 23.8 Å². The lowest BCUT2D eigenvalue weighted by Crippen LogP contribution is -2.07. The predicted octanol–water partition coefficient (Wildman–Crippen LogP) is 1.22. The summed E-state index contributed by atoms with van der Waals surface area (Å²) >= 11 is 5.57. The van der Waals surface area contributed by atoms with Crippen molar-refractivity contribution in [3.63, 3.8) is 0 Å². The van der Waals surface area contributed by atoms with E-state index in [1.807, 2.05) is 20.2 Å². The second kappa shape index (κ2) is 4.53. The first-order chi connectivity index (χ1) is 6.63. The Hall–Kier alpha value is -1.67. The summed E-state index contributed by atoms with van der Waals surface area (Å²) in [6.07, 6.45) is 1.54. The summed E-state index contributed by atoms with van der Waals surface area (Å²) in [5, 5.41) is 16.2. The van der Waals surface area contributed by atoms with Crippen molar-refractivity contribution in [2.45, 2.75) is 0 Å². The Morgan fingerprint density at radius 2 is 2.29 bits per heavy atom. The van der Waals surface area contributed by atoms with Crippen molar-refractivity contribution in [2.24, 2.45) is 4.99 Å². The molecular formula is C8H8ClN5. The van der Waals surface area contributed by atoms with Gasteiger partial charge in [0.05, 0.1) is 6.34 Å². The van der Waals surface area contributed by atoms with E-state index in [2.05, 4.69) is 15.2 Å². The smallest absolute Gasteiger partial charge is 0.193 e. The Morgan fingerprint density at radius 3 is 2.86 bits per heavy atom. The molecule has 72 valence electrons. The first-order valence-corrected chi connectivity index (χ1v) is 4.15. The molecule has 0 bridgehead atoms. The largest absolute Gasteiger partial charge is 0.369 e. The van der Waals surface area contributed by atoms with E-state index in [0.717, 1.165) is 0 Å². The van der Waals surface area contributed by atoms with Crippen molar-refractivity contribution in [3.8, 4) is 6.07 Å². The fourth-order valence-corrected chi connectivity index (χ4v) is 0.856. The molecule has 1 aromatic rings. The highest BCUT2D eigenvalue weighted by Gasteiger charge is 2.03. The summed E-state index contributed by atoms with van der Waals surface area (Å²) in [5.74, 6) is 0.269. The molecule has 0 aliphatic heterocycles. The highest BCUT2D eigenvalue weighted by Crippen LogP contribution is 2.16. The van der Waals surface area contributed by atoms with Gasteiger partial charge < -0.3 is 4.90 Å². The standard InChI is InChI=1S/C8H8ClN5/c1-14(2)5-11-8-6(4-10)3-7(9)12-13-8/h3,5H,1-2H3. The molecule has 14 heavy (non-hydrogen) atoms. The van der Waals surface area contributed by atoms with Gasteiger partial charge in [-0.05, 0) is 6.07 Å². The lowest BCUT2D eigenvalue weighted by Gasteiger charge is -2.01. The van der Waals surface area contributed by atoms with Crippen LogP contribution in [0.5, 0.6) is 0 Å². The van der Waals surface area contributed by atoms with Gasteiger partial charge in [0.15, 0.2) is 11.0 Å². The lowest BCUT2D eigenvalue weighted by molar-refractivity contribution is 0.642. The van der Waals surface area contributed by atoms with E-state index in [-0.39, 0.29) is 11.0 Å². The SMILES string of the molecule is CN(C)C=Nc1nnc(Cl)cc1C#N. The number of hydrogen-bond donors (Lipinski definition) is 0. The first-order valence-electron chi connectivity index (χ1n) is 3.77. The molecule has 0 radical (unpaired) electrons. The van der Waals surface area contributed by atoms with Crippen molar-refractivity contribution in [3.05, 3.63) is 16.8 Å². The number of aromatic nitrogens is 2. The molecule has 1 heterocycles. The number of rotatable bonds is 2. The summed E-state index contributed by atoms with van der Waals surface area (Å²) in [5.41, 5.74) is 0.308. The van der Waals surface area contributed by atoms with E-state index in [1.165, 1.54) is 6.07 Å². The van der Waals surface area contributed by atoms with Gasteiger partial charge >= 0.3 is 0 Å². The zero-order chi connectivity index (χ0) is 10.6. The summed E-state index contributed by atoms with van der Waals surface area (Å²) in [6, 6.07) is 3.37. The van der Waals surface area contributed by atoms with E-state index in [4.69, 9.17) is 16.9 Å². The maximum Gasteiger partial charge on any atom is 0.193 e. The van der Waals surface area contributed by atoms with E-state index >= 15 is 0 Å². The fourth-order valence-electron chi connectivity index (χ4n) is 0.709. The Kier molecular flexibility index (Phi) is 3.37. The van der Waals surface area contributed by atoms with Crippen molar-refractivity contribution in [2.75, 3.05) is 14.1 Å². The highest BCUT2D eigenvalue weighted by atomic mass is 35.5. The molecule has 0 fully saturated rings. The van der Waals surface area contributed by atoms with Gasteiger partial charge in [-0.25, -0.2) is 4.99 Å². The number of hydrogen-bond acceptors (Lipinski definition) is 4. The Labute approximate surface area is 86.6 Å². The van der Waals surface area contributed by atoms with E-state index < -0.39 is 0 Å². The van der Waals surface area contributed by atoms with Crippen LogP contribution in [0, 0.1) is 11.3 Å². The zero-order valence-corrected chi connectivity index (χ0v) is 8.52. The molecule has 0 aliphatic rings. The molecule has 6 heteroatoms. The molecule has 0 unspecified atom stereocenters. The maximum absolute atomic E-state index is 8.74. The average Bonchev–Trinajstić information content (AvgIpc) is 2.15. The predicted molar refractivity (Wildman–Crippen MR) is 53.6 cm³/mol. The third kappa shape index (κ3) is 2.68. The van der Waals surface area contributed by atoms with Crippen molar-refractivity contribution in [1.82, 2.24) is 15.1 Å². The van der Waals surface area contributed by atoms with Crippen LogP contribution in [-0.4, -0.2) is 35.5 Å². The molecular weight excluding hydrogens is 202 g/mol. The number of halogens is 1. The van der Waals surface area contributed by atoms with Crippen molar-refractivity contribution in [1.29, 1.82) is 5.26 Å². The van der Waals surface area contributed by atoms with Crippen LogP contribution >= 0.6 is 11.6 Å². The second-order valence-corrected chi connectivity index (χ2v) is 3.11. The summed E-state index contributed by atoms with van der Waals surface area (Å²) in [6.45, 7) is 0. The van der Waals surface area contributed by atoms with Gasteiger partial charge in [0.25, 0.3) is 0 Å². The fraction of sp³-hybridized carbons (Fsp3) is 0.250. The monoisotopic (exact) mass is 209 g/mol. The maximum atomic E-state index is 8.74. The summed E-state index contributed by atoms with van der Waals surface area (Å²) < 4.78 is 0. The van der Waals surface area contributed by atoms with Gasteiger partial charge in [0, 0.05) is 14.1 Å². The van der Waals surface area contributed by atoms with Gasteiger partial charge in [-0.15, -0.1) is 10.2 Å². The van der Waals surface area contributed by atoms with Crippen LogP contribution in [0.1, 0.15) is 5.56 Å². The Balaban J connectivity index is 3.04. The number of nitrogens with zero attached hydrogens (tertiary/aromatic N) is 5. The summed E-state index contributed by atoms with van der Waals surface area (Å²) in [7, 11) is 3.64. The topological polar surface area (TPSA) is 65.2 Å². The molecule has 0 amide bonds. The molecule has 1 aromatic heterocycles. The lowest BCUT2D eigenvalue weighted by atomic mass is 10.3. The first kappa shape index (κ1) is 10.4. The molecule has 0 aromatic carbocycles. The van der Waals surface area contributed by atoms with Crippen LogP contribution in [0.3, 0.4) is 0 Å². The second-order valence-electron chi connectivity index (χ2n) is 2.72.